The average molecular weight is 393 g/mol. The highest BCUT2D eigenvalue weighted by Crippen LogP contribution is 2.27. The van der Waals surface area contributed by atoms with Crippen LogP contribution in [0.4, 0.5) is 0 Å². The number of methoxy groups -OCH3 is 1. The molecule has 0 aliphatic carbocycles. The van der Waals surface area contributed by atoms with Crippen molar-refractivity contribution in [2.45, 2.75) is 39.7 Å². The van der Waals surface area contributed by atoms with Crippen LogP contribution in [0.1, 0.15) is 37.8 Å². The van der Waals surface area contributed by atoms with Crippen LogP contribution in [-0.4, -0.2) is 13.1 Å². The first kappa shape index (κ1) is 20.2. The maximum atomic E-state index is 11.1. The lowest BCUT2D eigenvalue weighted by atomic mass is 10.1. The molecule has 0 fully saturated rings. The summed E-state index contributed by atoms with van der Waals surface area (Å²) in [5, 5.41) is 0. The van der Waals surface area contributed by atoms with Gasteiger partial charge in [-0.25, -0.2) is 0 Å². The molecule has 3 nitrogen and oxygen atoms in total. The first-order valence-electron chi connectivity index (χ1n) is 8.12. The van der Waals surface area contributed by atoms with Crippen LogP contribution in [0.25, 0.3) is 0 Å². The number of hydrogen-bond donors (Lipinski definition) is 0. The average Bonchev–Trinajstić information content (AvgIpc) is 2.60. The van der Waals surface area contributed by atoms with Crippen molar-refractivity contribution in [3.05, 3.63) is 64.1 Å². The van der Waals surface area contributed by atoms with Crippen molar-refractivity contribution in [1.82, 2.24) is 0 Å². The van der Waals surface area contributed by atoms with Gasteiger partial charge in [-0.1, -0.05) is 56.7 Å². The monoisotopic (exact) mass is 392 g/mol. The number of aryl methyl sites for hydroxylation is 1. The Kier molecular flexibility index (Phi) is 9.85. The van der Waals surface area contributed by atoms with Gasteiger partial charge in [-0.15, -0.1) is 0 Å². The van der Waals surface area contributed by atoms with Gasteiger partial charge in [-0.3, -0.25) is 4.79 Å². The second kappa shape index (κ2) is 11.7. The minimum absolute atomic E-state index is 0.199. The number of carbonyl (C=O) groups is 1. The number of hydrogen-bond acceptors (Lipinski definition) is 3. The summed E-state index contributed by atoms with van der Waals surface area (Å²) in [6, 6.07) is 15.9. The predicted octanol–water partition coefficient (Wildman–Crippen LogP) is 5.55. The summed E-state index contributed by atoms with van der Waals surface area (Å²) in [5.74, 6) is 0.594. The topological polar surface area (TPSA) is 35.5 Å². The second-order valence-electron chi connectivity index (χ2n) is 5.32. The molecule has 0 aliphatic heterocycles. The molecule has 0 saturated carbocycles. The van der Waals surface area contributed by atoms with Gasteiger partial charge in [0.2, 0.25) is 0 Å². The van der Waals surface area contributed by atoms with E-state index in [0.717, 1.165) is 21.3 Å². The summed E-state index contributed by atoms with van der Waals surface area (Å²) in [7, 11) is 1.40. The lowest BCUT2D eigenvalue weighted by Crippen LogP contribution is -2.02. The highest BCUT2D eigenvalue weighted by molar-refractivity contribution is 9.10. The van der Waals surface area contributed by atoms with Gasteiger partial charge in [0.25, 0.3) is 0 Å². The Hall–Kier alpha value is -1.81. The van der Waals surface area contributed by atoms with Gasteiger partial charge < -0.3 is 9.47 Å². The Morgan fingerprint density at radius 2 is 1.71 bits per heavy atom. The molecule has 0 amide bonds. The van der Waals surface area contributed by atoms with Gasteiger partial charge in [0.1, 0.15) is 12.4 Å². The molecule has 0 atom stereocenters. The van der Waals surface area contributed by atoms with E-state index >= 15 is 0 Å². The van der Waals surface area contributed by atoms with Crippen molar-refractivity contribution in [1.29, 1.82) is 0 Å². The molecule has 2 rings (SSSR count). The van der Waals surface area contributed by atoms with E-state index < -0.39 is 0 Å². The van der Waals surface area contributed by atoms with E-state index in [-0.39, 0.29) is 5.97 Å². The van der Waals surface area contributed by atoms with Crippen LogP contribution in [0.2, 0.25) is 0 Å². The zero-order valence-corrected chi connectivity index (χ0v) is 16.1. The SMILES string of the molecule is CCC.COC(=O)CCc1ccc(OCc2ccccc2)c(Br)c1. The van der Waals surface area contributed by atoms with Gasteiger partial charge in [0.15, 0.2) is 0 Å². The van der Waals surface area contributed by atoms with E-state index in [1.807, 2.05) is 48.5 Å². The van der Waals surface area contributed by atoms with Gasteiger partial charge in [0, 0.05) is 6.42 Å². The van der Waals surface area contributed by atoms with Gasteiger partial charge in [0.05, 0.1) is 11.6 Å². The van der Waals surface area contributed by atoms with E-state index in [9.17, 15) is 4.79 Å². The molecule has 0 spiro atoms. The minimum atomic E-state index is -0.199. The lowest BCUT2D eigenvalue weighted by molar-refractivity contribution is -0.140. The zero-order valence-electron chi connectivity index (χ0n) is 14.5. The largest absolute Gasteiger partial charge is 0.488 e. The van der Waals surface area contributed by atoms with Crippen molar-refractivity contribution in [2.75, 3.05) is 7.11 Å². The number of rotatable bonds is 6. The Balaban J connectivity index is 0.000000891. The van der Waals surface area contributed by atoms with Crippen LogP contribution >= 0.6 is 15.9 Å². The van der Waals surface area contributed by atoms with Crippen LogP contribution in [0, 0.1) is 0 Å². The molecule has 0 bridgehead atoms. The smallest absolute Gasteiger partial charge is 0.305 e. The summed E-state index contributed by atoms with van der Waals surface area (Å²) in [6.45, 7) is 4.78. The number of benzene rings is 2. The maximum Gasteiger partial charge on any atom is 0.305 e. The predicted molar refractivity (Wildman–Crippen MR) is 101 cm³/mol. The Morgan fingerprint density at radius 3 is 2.29 bits per heavy atom. The van der Waals surface area contributed by atoms with E-state index in [0.29, 0.717) is 19.4 Å². The second-order valence-corrected chi connectivity index (χ2v) is 6.18. The number of halogens is 1. The molecule has 2 aromatic rings. The van der Waals surface area contributed by atoms with E-state index in [1.54, 1.807) is 0 Å². The van der Waals surface area contributed by atoms with Crippen molar-refractivity contribution in [3.63, 3.8) is 0 Å². The maximum absolute atomic E-state index is 11.1. The molecular formula is C20H25BrO3. The van der Waals surface area contributed by atoms with E-state index in [1.165, 1.54) is 13.5 Å². The highest BCUT2D eigenvalue weighted by Gasteiger charge is 2.06. The van der Waals surface area contributed by atoms with Crippen LogP contribution in [0.15, 0.2) is 53.0 Å². The number of esters is 1. The Bertz CT molecular complexity index is 612. The van der Waals surface area contributed by atoms with Crippen molar-refractivity contribution >= 4 is 21.9 Å². The van der Waals surface area contributed by atoms with Gasteiger partial charge in [-0.05, 0) is 45.6 Å². The summed E-state index contributed by atoms with van der Waals surface area (Å²) in [5.41, 5.74) is 2.19. The molecule has 0 aromatic heterocycles. The summed E-state index contributed by atoms with van der Waals surface area (Å²) in [6.07, 6.45) is 2.29. The number of ether oxygens (including phenoxy) is 2. The van der Waals surface area contributed by atoms with Crippen molar-refractivity contribution in [3.8, 4) is 5.75 Å². The molecular weight excluding hydrogens is 368 g/mol. The van der Waals surface area contributed by atoms with E-state index in [2.05, 4.69) is 34.5 Å². The van der Waals surface area contributed by atoms with Gasteiger partial charge in [-0.2, -0.15) is 0 Å². The summed E-state index contributed by atoms with van der Waals surface area (Å²) >= 11 is 3.50. The third-order valence-electron chi connectivity index (χ3n) is 3.08. The summed E-state index contributed by atoms with van der Waals surface area (Å²) < 4.78 is 11.3. The number of carbonyl (C=O) groups excluding carboxylic acids is 1. The lowest BCUT2D eigenvalue weighted by Gasteiger charge is -2.10. The molecule has 0 radical (unpaired) electrons. The molecule has 0 unspecified atom stereocenters. The highest BCUT2D eigenvalue weighted by atomic mass is 79.9. The summed E-state index contributed by atoms with van der Waals surface area (Å²) in [4.78, 5) is 11.1. The van der Waals surface area contributed by atoms with E-state index in [4.69, 9.17) is 4.74 Å². The first-order chi connectivity index (χ1) is 11.6. The van der Waals surface area contributed by atoms with Crippen molar-refractivity contribution in [2.24, 2.45) is 0 Å². The third-order valence-corrected chi connectivity index (χ3v) is 3.70. The fourth-order valence-corrected chi connectivity index (χ4v) is 2.44. The van der Waals surface area contributed by atoms with Crippen LogP contribution in [0.5, 0.6) is 5.75 Å². The standard InChI is InChI=1S/C17H17BrO3.C3H8/c1-20-17(19)10-8-13-7-9-16(15(18)11-13)21-12-14-5-3-2-4-6-14;1-3-2/h2-7,9,11H,8,10,12H2,1H3;3H2,1-2H3. The molecule has 130 valence electrons. The molecule has 2 aromatic carbocycles. The molecule has 0 N–H and O–H groups in total. The van der Waals surface area contributed by atoms with Crippen LogP contribution in [0.3, 0.4) is 0 Å². The molecule has 0 heterocycles. The van der Waals surface area contributed by atoms with Crippen molar-refractivity contribution < 1.29 is 14.3 Å². The first-order valence-corrected chi connectivity index (χ1v) is 8.91. The van der Waals surface area contributed by atoms with Gasteiger partial charge >= 0.3 is 5.97 Å². The zero-order chi connectivity index (χ0) is 17.8. The molecule has 0 aliphatic rings. The molecule has 4 heteroatoms. The fraction of sp³-hybridized carbons (Fsp3) is 0.350. The molecule has 24 heavy (non-hydrogen) atoms. The Morgan fingerprint density at radius 1 is 1.04 bits per heavy atom. The molecule has 0 saturated heterocycles. The fourth-order valence-electron chi connectivity index (χ4n) is 1.90. The normalized spacial score (nSPS) is 9.67. The van der Waals surface area contributed by atoms with Crippen LogP contribution < -0.4 is 4.74 Å². The minimum Gasteiger partial charge on any atom is -0.488 e. The Labute approximate surface area is 153 Å². The quantitative estimate of drug-likeness (QED) is 0.604. The van der Waals surface area contributed by atoms with Crippen LogP contribution in [-0.2, 0) is 22.6 Å². The third kappa shape index (κ3) is 7.64.